The summed E-state index contributed by atoms with van der Waals surface area (Å²) in [6.45, 7) is 8.32. The lowest BCUT2D eigenvalue weighted by Gasteiger charge is -2.29. The van der Waals surface area contributed by atoms with Gasteiger partial charge in [0.1, 0.15) is 0 Å². The Morgan fingerprint density at radius 2 is 2.14 bits per heavy atom. The maximum atomic E-state index is 11.7. The number of esters is 1. The van der Waals surface area contributed by atoms with Gasteiger partial charge in [0.15, 0.2) is 0 Å². The van der Waals surface area contributed by atoms with Gasteiger partial charge in [0.2, 0.25) is 0 Å². The van der Waals surface area contributed by atoms with Crippen molar-refractivity contribution in [2.75, 3.05) is 11.9 Å². The number of carbonyl (C=O) groups excluding carboxylic acids is 1. The summed E-state index contributed by atoms with van der Waals surface area (Å²) in [6, 6.07) is 2.37. The Morgan fingerprint density at radius 3 is 2.76 bits per heavy atom. The predicted molar refractivity (Wildman–Crippen MR) is 84.9 cm³/mol. The van der Waals surface area contributed by atoms with Crippen LogP contribution in [0.3, 0.4) is 0 Å². The van der Waals surface area contributed by atoms with Gasteiger partial charge in [-0.05, 0) is 51.2 Å². The second-order valence-corrected chi connectivity index (χ2v) is 5.65. The molecule has 0 aliphatic heterocycles. The molecule has 4 heteroatoms. The zero-order chi connectivity index (χ0) is 15.2. The lowest BCUT2D eigenvalue weighted by atomic mass is 9.86. The maximum Gasteiger partial charge on any atom is 0.308 e. The molecule has 0 unspecified atom stereocenters. The van der Waals surface area contributed by atoms with E-state index in [-0.39, 0.29) is 11.9 Å². The number of aromatic nitrogens is 1. The summed E-state index contributed by atoms with van der Waals surface area (Å²) < 4.78 is 5.10. The normalized spacial score (nSPS) is 21.6. The highest BCUT2D eigenvalue weighted by molar-refractivity contribution is 5.74. The summed E-state index contributed by atoms with van der Waals surface area (Å²) in [5.41, 5.74) is 3.17. The average Bonchev–Trinajstić information content (AvgIpc) is 2.48. The molecule has 2 rings (SSSR count). The molecular formula is C17H24N2O2. The van der Waals surface area contributed by atoms with Crippen molar-refractivity contribution in [2.45, 2.75) is 45.6 Å². The fourth-order valence-electron chi connectivity index (χ4n) is 2.84. The molecule has 114 valence electrons. The van der Waals surface area contributed by atoms with Crippen molar-refractivity contribution in [3.8, 4) is 0 Å². The molecule has 0 atom stereocenters. The van der Waals surface area contributed by atoms with Crippen LogP contribution in [0.5, 0.6) is 0 Å². The molecule has 1 N–H and O–H groups in total. The van der Waals surface area contributed by atoms with Gasteiger partial charge >= 0.3 is 5.97 Å². The van der Waals surface area contributed by atoms with Gasteiger partial charge in [-0.3, -0.25) is 9.78 Å². The van der Waals surface area contributed by atoms with Gasteiger partial charge in [-0.2, -0.15) is 0 Å². The monoisotopic (exact) mass is 288 g/mol. The molecule has 4 nitrogen and oxygen atoms in total. The number of nitrogens with one attached hydrogen (secondary N) is 1. The molecule has 0 amide bonds. The summed E-state index contributed by atoms with van der Waals surface area (Å²) in [5.74, 6) is 0.0254. The first-order valence-corrected chi connectivity index (χ1v) is 7.65. The maximum absolute atomic E-state index is 11.7. The third-order valence-corrected chi connectivity index (χ3v) is 3.99. The smallest absolute Gasteiger partial charge is 0.308 e. The van der Waals surface area contributed by atoms with E-state index in [2.05, 4.69) is 16.9 Å². The highest BCUT2D eigenvalue weighted by atomic mass is 16.5. The van der Waals surface area contributed by atoms with E-state index in [9.17, 15) is 4.79 Å². The number of pyridine rings is 1. The second kappa shape index (κ2) is 7.25. The molecule has 0 saturated heterocycles. The molecule has 1 aliphatic rings. The van der Waals surface area contributed by atoms with Gasteiger partial charge in [0.05, 0.1) is 24.4 Å². The van der Waals surface area contributed by atoms with Crippen molar-refractivity contribution >= 4 is 17.2 Å². The third kappa shape index (κ3) is 4.06. The second-order valence-electron chi connectivity index (χ2n) is 5.65. The Labute approximate surface area is 126 Å². The largest absolute Gasteiger partial charge is 0.466 e. The van der Waals surface area contributed by atoms with Crippen LogP contribution < -0.4 is 5.32 Å². The number of ether oxygens (including phenoxy) is 1. The first-order valence-electron chi connectivity index (χ1n) is 7.65. The molecule has 1 aromatic rings. The van der Waals surface area contributed by atoms with Crippen molar-refractivity contribution in [3.05, 3.63) is 30.6 Å². The molecule has 21 heavy (non-hydrogen) atoms. The van der Waals surface area contributed by atoms with E-state index in [1.54, 1.807) is 6.20 Å². The standard InChI is InChI=1S/C17H24N2O2/c1-4-21-17(20)13-5-7-14(8-6-13)19-16-11-18-10-9-15(16)12(2)3/h9-11,13-14,19H,2,4-8H2,1,3H3. The Balaban J connectivity index is 1.92. The zero-order valence-electron chi connectivity index (χ0n) is 12.9. The number of anilines is 1. The molecular weight excluding hydrogens is 264 g/mol. The predicted octanol–water partition coefficient (Wildman–Crippen LogP) is 3.65. The summed E-state index contributed by atoms with van der Waals surface area (Å²) in [7, 11) is 0. The highest BCUT2D eigenvalue weighted by Crippen LogP contribution is 2.29. The van der Waals surface area contributed by atoms with Crippen LogP contribution >= 0.6 is 0 Å². The minimum Gasteiger partial charge on any atom is -0.466 e. The fourth-order valence-corrected chi connectivity index (χ4v) is 2.84. The molecule has 1 saturated carbocycles. The van der Waals surface area contributed by atoms with Crippen molar-refractivity contribution in [3.63, 3.8) is 0 Å². The van der Waals surface area contributed by atoms with Crippen LogP contribution in [0, 0.1) is 5.92 Å². The lowest BCUT2D eigenvalue weighted by Crippen LogP contribution is -2.30. The lowest BCUT2D eigenvalue weighted by molar-refractivity contribution is -0.149. The van der Waals surface area contributed by atoms with E-state index in [1.165, 1.54) is 0 Å². The van der Waals surface area contributed by atoms with E-state index in [0.717, 1.165) is 42.5 Å². The van der Waals surface area contributed by atoms with E-state index >= 15 is 0 Å². The van der Waals surface area contributed by atoms with Crippen molar-refractivity contribution in [1.29, 1.82) is 0 Å². The van der Waals surface area contributed by atoms with Crippen LogP contribution in [-0.4, -0.2) is 23.6 Å². The number of allylic oxidation sites excluding steroid dienone is 1. The molecule has 1 fully saturated rings. The van der Waals surface area contributed by atoms with E-state index in [4.69, 9.17) is 4.74 Å². The zero-order valence-corrected chi connectivity index (χ0v) is 12.9. The van der Waals surface area contributed by atoms with Crippen molar-refractivity contribution in [1.82, 2.24) is 4.98 Å². The van der Waals surface area contributed by atoms with E-state index < -0.39 is 0 Å². The van der Waals surface area contributed by atoms with Crippen LogP contribution in [-0.2, 0) is 9.53 Å². The first kappa shape index (κ1) is 15.5. The number of nitrogens with zero attached hydrogens (tertiary/aromatic N) is 1. The van der Waals surface area contributed by atoms with Crippen LogP contribution in [0.2, 0.25) is 0 Å². The summed E-state index contributed by atoms with van der Waals surface area (Å²) in [5, 5.41) is 3.55. The van der Waals surface area contributed by atoms with E-state index in [1.807, 2.05) is 26.1 Å². The van der Waals surface area contributed by atoms with Gasteiger partial charge in [0.25, 0.3) is 0 Å². The molecule has 0 bridgehead atoms. The van der Waals surface area contributed by atoms with Crippen LogP contribution in [0.25, 0.3) is 5.57 Å². The number of hydrogen-bond donors (Lipinski definition) is 1. The Hall–Kier alpha value is -1.84. The molecule has 0 radical (unpaired) electrons. The fraction of sp³-hybridized carbons (Fsp3) is 0.529. The highest BCUT2D eigenvalue weighted by Gasteiger charge is 2.27. The van der Waals surface area contributed by atoms with E-state index in [0.29, 0.717) is 12.6 Å². The molecule has 1 aromatic heterocycles. The molecule has 0 aromatic carbocycles. The van der Waals surface area contributed by atoms with Crippen LogP contribution in [0.15, 0.2) is 25.0 Å². The quantitative estimate of drug-likeness (QED) is 0.840. The number of carbonyl (C=O) groups is 1. The topological polar surface area (TPSA) is 51.2 Å². The Morgan fingerprint density at radius 1 is 1.43 bits per heavy atom. The van der Waals surface area contributed by atoms with Gasteiger partial charge in [-0.1, -0.05) is 6.58 Å². The van der Waals surface area contributed by atoms with Gasteiger partial charge < -0.3 is 10.1 Å². The number of hydrogen-bond acceptors (Lipinski definition) is 4. The SMILES string of the molecule is C=C(C)c1ccncc1NC1CCC(C(=O)OCC)CC1. The molecule has 1 aliphatic carbocycles. The van der Waals surface area contributed by atoms with Crippen LogP contribution in [0.4, 0.5) is 5.69 Å². The minimum atomic E-state index is -0.0417. The summed E-state index contributed by atoms with van der Waals surface area (Å²) in [4.78, 5) is 15.9. The van der Waals surface area contributed by atoms with Crippen molar-refractivity contribution in [2.24, 2.45) is 5.92 Å². The molecule has 0 spiro atoms. The Kier molecular flexibility index (Phi) is 5.37. The third-order valence-electron chi connectivity index (χ3n) is 3.99. The minimum absolute atomic E-state index is 0.0417. The Bertz CT molecular complexity index is 505. The first-order chi connectivity index (χ1) is 10.1. The molecule has 1 heterocycles. The average molecular weight is 288 g/mol. The van der Waals surface area contributed by atoms with Crippen LogP contribution in [0.1, 0.15) is 45.1 Å². The van der Waals surface area contributed by atoms with Crippen molar-refractivity contribution < 1.29 is 9.53 Å². The van der Waals surface area contributed by atoms with Gasteiger partial charge in [-0.25, -0.2) is 0 Å². The number of rotatable bonds is 5. The summed E-state index contributed by atoms with van der Waals surface area (Å²) in [6.07, 6.45) is 7.37. The van der Waals surface area contributed by atoms with Gasteiger partial charge in [-0.15, -0.1) is 0 Å². The van der Waals surface area contributed by atoms with Gasteiger partial charge in [0, 0.05) is 17.8 Å². The summed E-state index contributed by atoms with van der Waals surface area (Å²) >= 11 is 0.